The van der Waals surface area contributed by atoms with E-state index in [4.69, 9.17) is 23.7 Å². The van der Waals surface area contributed by atoms with E-state index in [1.54, 1.807) is 0 Å². The lowest BCUT2D eigenvalue weighted by atomic mass is 9.96. The Labute approximate surface area is 187 Å². The van der Waals surface area contributed by atoms with E-state index in [0.29, 0.717) is 0 Å². The molecule has 3 aliphatic heterocycles. The second-order valence-corrected chi connectivity index (χ2v) is 8.32. The Bertz CT molecular complexity index is 624. The van der Waals surface area contributed by atoms with E-state index < -0.39 is 105 Å². The summed E-state index contributed by atoms with van der Waals surface area (Å²) in [6.45, 7) is -0.128. The minimum atomic E-state index is -1.83. The number of aliphatic hydroxyl groups excluding tert-OH is 10. The normalized spacial score (nSPS) is 53.7. The third-order valence-corrected chi connectivity index (χ3v) is 6.05. The maximum absolute atomic E-state index is 10.6. The van der Waals surface area contributed by atoms with Gasteiger partial charge in [-0.15, -0.1) is 0 Å². The molecule has 10 N–H and O–H groups in total. The molecule has 0 radical (unpaired) electrons. The van der Waals surface area contributed by atoms with E-state index in [1.807, 2.05) is 0 Å². The lowest BCUT2D eigenvalue weighted by Gasteiger charge is -2.48. The summed E-state index contributed by atoms with van der Waals surface area (Å²) >= 11 is 0. The summed E-state index contributed by atoms with van der Waals surface area (Å²) in [6.07, 6.45) is -24.1. The molecule has 15 atom stereocenters. The van der Waals surface area contributed by atoms with Crippen molar-refractivity contribution in [2.24, 2.45) is 0 Å². The summed E-state index contributed by atoms with van der Waals surface area (Å²) < 4.78 is 26.9. The largest absolute Gasteiger partial charge is 0.394 e. The SMILES string of the molecule is C[C@@H]1O[C@@H](O[C@@H]2[C@H](O[C@H]3[C@H](O)[C@@H](O)[C@H](O)O[C@@H]3CO)O[C@H](CO)[C@@H](O)[C@@H]2O)[C@H](O)[C@H](O)[C@H]1O. The van der Waals surface area contributed by atoms with E-state index in [0.717, 1.165) is 0 Å². The molecule has 3 saturated heterocycles. The lowest BCUT2D eigenvalue weighted by Crippen LogP contribution is -2.66. The maximum atomic E-state index is 10.6. The number of hydrogen-bond acceptors (Lipinski definition) is 15. The Kier molecular flexibility index (Phi) is 8.99. The second kappa shape index (κ2) is 11.0. The van der Waals surface area contributed by atoms with Gasteiger partial charge in [0.2, 0.25) is 0 Å². The molecule has 3 rings (SSSR count). The van der Waals surface area contributed by atoms with Gasteiger partial charge in [-0.05, 0) is 6.92 Å². The van der Waals surface area contributed by atoms with Crippen LogP contribution in [0.1, 0.15) is 6.92 Å². The quantitative estimate of drug-likeness (QED) is 0.167. The van der Waals surface area contributed by atoms with Crippen molar-refractivity contribution >= 4 is 0 Å². The molecule has 3 heterocycles. The fourth-order valence-electron chi connectivity index (χ4n) is 3.98. The van der Waals surface area contributed by atoms with Crippen LogP contribution in [0, 0.1) is 0 Å². The number of hydrogen-bond donors (Lipinski definition) is 10. The van der Waals surface area contributed by atoms with Crippen LogP contribution in [0.25, 0.3) is 0 Å². The molecular formula is C18H32O15. The predicted molar refractivity (Wildman–Crippen MR) is 99.8 cm³/mol. The van der Waals surface area contributed by atoms with E-state index in [2.05, 4.69) is 0 Å². The Morgan fingerprint density at radius 2 is 1.12 bits per heavy atom. The second-order valence-electron chi connectivity index (χ2n) is 8.32. The van der Waals surface area contributed by atoms with Crippen molar-refractivity contribution in [3.05, 3.63) is 0 Å². The first kappa shape index (κ1) is 27.0. The van der Waals surface area contributed by atoms with Crippen LogP contribution in [-0.4, -0.2) is 156 Å². The van der Waals surface area contributed by atoms with Gasteiger partial charge in [-0.25, -0.2) is 0 Å². The Morgan fingerprint density at radius 3 is 1.73 bits per heavy atom. The van der Waals surface area contributed by atoms with Crippen LogP contribution in [0.2, 0.25) is 0 Å². The van der Waals surface area contributed by atoms with Gasteiger partial charge in [0.25, 0.3) is 0 Å². The summed E-state index contributed by atoms with van der Waals surface area (Å²) in [5.41, 5.74) is 0. The van der Waals surface area contributed by atoms with E-state index >= 15 is 0 Å². The van der Waals surface area contributed by atoms with Gasteiger partial charge in [0.05, 0.1) is 19.3 Å². The van der Waals surface area contributed by atoms with E-state index in [-0.39, 0.29) is 0 Å². The average Bonchev–Trinajstić information content (AvgIpc) is 2.80. The van der Waals surface area contributed by atoms with E-state index in [1.165, 1.54) is 6.92 Å². The van der Waals surface area contributed by atoms with Gasteiger partial charge >= 0.3 is 0 Å². The third kappa shape index (κ3) is 5.32. The third-order valence-electron chi connectivity index (χ3n) is 6.05. The fraction of sp³-hybridized carbons (Fsp3) is 1.00. The Balaban J connectivity index is 1.83. The van der Waals surface area contributed by atoms with Crippen LogP contribution in [0.4, 0.5) is 0 Å². The molecule has 194 valence electrons. The fourth-order valence-corrected chi connectivity index (χ4v) is 3.98. The van der Waals surface area contributed by atoms with Crippen LogP contribution < -0.4 is 0 Å². The number of ether oxygens (including phenoxy) is 5. The first-order chi connectivity index (χ1) is 15.5. The highest BCUT2D eigenvalue weighted by Crippen LogP contribution is 2.32. The molecule has 0 aromatic carbocycles. The molecule has 0 aliphatic carbocycles. The summed E-state index contributed by atoms with van der Waals surface area (Å²) in [6, 6.07) is 0. The smallest absolute Gasteiger partial charge is 0.187 e. The Morgan fingerprint density at radius 1 is 0.545 bits per heavy atom. The molecule has 15 nitrogen and oxygen atoms in total. The number of aliphatic hydroxyl groups is 10. The van der Waals surface area contributed by atoms with Gasteiger partial charge in [0.1, 0.15) is 67.1 Å². The molecule has 0 bridgehead atoms. The first-order valence-electron chi connectivity index (χ1n) is 10.4. The summed E-state index contributed by atoms with van der Waals surface area (Å²) in [7, 11) is 0. The molecule has 0 aromatic rings. The first-order valence-corrected chi connectivity index (χ1v) is 10.4. The minimum absolute atomic E-state index is 0.760. The molecule has 0 amide bonds. The summed E-state index contributed by atoms with van der Waals surface area (Å²) in [5.74, 6) is 0. The van der Waals surface area contributed by atoms with Crippen LogP contribution >= 0.6 is 0 Å². The predicted octanol–water partition coefficient (Wildman–Crippen LogP) is -6.55. The molecule has 0 unspecified atom stereocenters. The van der Waals surface area contributed by atoms with Crippen molar-refractivity contribution in [1.29, 1.82) is 0 Å². The highest BCUT2D eigenvalue weighted by molar-refractivity contribution is 4.95. The molecule has 0 spiro atoms. The summed E-state index contributed by atoms with van der Waals surface area (Å²) in [4.78, 5) is 0. The minimum Gasteiger partial charge on any atom is -0.394 e. The molecule has 0 saturated carbocycles. The Hall–Kier alpha value is -0.600. The van der Waals surface area contributed by atoms with Gasteiger partial charge in [0.15, 0.2) is 18.9 Å². The van der Waals surface area contributed by atoms with Crippen molar-refractivity contribution in [2.75, 3.05) is 13.2 Å². The highest BCUT2D eigenvalue weighted by atomic mass is 16.8. The standard InChI is InChI=1S/C18H32O15/c1-4-7(21)9(23)13(27)17(29-4)33-15-10(24)8(22)5(2-19)31-18(15)32-14-6(3-20)30-16(28)12(26)11(14)25/h4-28H,2-3H2,1H3/t4-,5+,6+,7-,8+,9+,10-,11+,12+,13+,14+,15-,16+,17-,18-/m0/s1. The monoisotopic (exact) mass is 488 g/mol. The maximum Gasteiger partial charge on any atom is 0.187 e. The van der Waals surface area contributed by atoms with Gasteiger partial charge in [-0.1, -0.05) is 0 Å². The van der Waals surface area contributed by atoms with Crippen LogP contribution in [0.3, 0.4) is 0 Å². The van der Waals surface area contributed by atoms with Gasteiger partial charge in [0, 0.05) is 0 Å². The van der Waals surface area contributed by atoms with Crippen molar-refractivity contribution < 1.29 is 74.7 Å². The molecule has 15 heteroatoms. The van der Waals surface area contributed by atoms with Gasteiger partial charge in [-0.2, -0.15) is 0 Å². The van der Waals surface area contributed by atoms with Gasteiger partial charge < -0.3 is 74.7 Å². The van der Waals surface area contributed by atoms with E-state index in [9.17, 15) is 51.1 Å². The topological polar surface area (TPSA) is 248 Å². The molecule has 33 heavy (non-hydrogen) atoms. The van der Waals surface area contributed by atoms with Crippen LogP contribution in [-0.2, 0) is 23.7 Å². The zero-order valence-electron chi connectivity index (χ0n) is 17.6. The zero-order valence-corrected chi connectivity index (χ0v) is 17.6. The molecule has 0 aromatic heterocycles. The molecule has 3 aliphatic rings. The van der Waals surface area contributed by atoms with Crippen LogP contribution in [0.5, 0.6) is 0 Å². The number of rotatable bonds is 6. The zero-order chi connectivity index (χ0) is 24.6. The van der Waals surface area contributed by atoms with Crippen LogP contribution in [0.15, 0.2) is 0 Å². The lowest BCUT2D eigenvalue weighted by molar-refractivity contribution is -0.385. The van der Waals surface area contributed by atoms with Crippen molar-refractivity contribution in [2.45, 2.75) is 99.0 Å². The highest BCUT2D eigenvalue weighted by Gasteiger charge is 2.53. The molecule has 3 fully saturated rings. The van der Waals surface area contributed by atoms with Crippen molar-refractivity contribution in [3.63, 3.8) is 0 Å². The van der Waals surface area contributed by atoms with Crippen molar-refractivity contribution in [3.8, 4) is 0 Å². The summed E-state index contributed by atoms with van der Waals surface area (Å²) in [5, 5.41) is 99.8. The average molecular weight is 488 g/mol. The van der Waals surface area contributed by atoms with Gasteiger partial charge in [-0.3, -0.25) is 0 Å². The molecular weight excluding hydrogens is 456 g/mol. The van der Waals surface area contributed by atoms with Crippen molar-refractivity contribution in [1.82, 2.24) is 0 Å².